The first-order valence-corrected chi connectivity index (χ1v) is 11.6. The summed E-state index contributed by atoms with van der Waals surface area (Å²) in [5.41, 5.74) is 2.99. The lowest BCUT2D eigenvalue weighted by Gasteiger charge is -2.31. The van der Waals surface area contributed by atoms with Gasteiger partial charge in [0.15, 0.2) is 0 Å². The van der Waals surface area contributed by atoms with Crippen molar-refractivity contribution >= 4 is 23.6 Å². The van der Waals surface area contributed by atoms with Gasteiger partial charge in [-0.2, -0.15) is 0 Å². The Morgan fingerprint density at radius 1 is 1.10 bits per heavy atom. The van der Waals surface area contributed by atoms with E-state index in [9.17, 15) is 9.59 Å². The highest BCUT2D eigenvalue weighted by Crippen LogP contribution is 2.18. The topological polar surface area (TPSA) is 58.6 Å². The van der Waals surface area contributed by atoms with E-state index in [2.05, 4.69) is 30.4 Å². The summed E-state index contributed by atoms with van der Waals surface area (Å²) in [5, 5.41) is 2.99. The molecule has 2 amide bonds. The summed E-state index contributed by atoms with van der Waals surface area (Å²) in [4.78, 5) is 27.6. The maximum Gasteiger partial charge on any atom is 0.242 e. The van der Waals surface area contributed by atoms with Crippen molar-refractivity contribution < 1.29 is 14.3 Å². The lowest BCUT2D eigenvalue weighted by molar-refractivity contribution is -0.139. The van der Waals surface area contributed by atoms with Gasteiger partial charge in [0.1, 0.15) is 11.8 Å². The molecule has 0 heterocycles. The van der Waals surface area contributed by atoms with Crippen molar-refractivity contribution in [1.82, 2.24) is 10.2 Å². The SMILES string of the molecule is COc1ccc(CN(C(=O)CSCc2cccc(C)c2)[C@@H](C)C(=O)NC(C)(C)C)cc1. The highest BCUT2D eigenvalue weighted by atomic mass is 32.2. The van der Waals surface area contributed by atoms with E-state index in [0.29, 0.717) is 12.3 Å². The van der Waals surface area contributed by atoms with Crippen molar-refractivity contribution in [3.8, 4) is 5.75 Å². The van der Waals surface area contributed by atoms with Gasteiger partial charge in [-0.05, 0) is 57.9 Å². The number of rotatable bonds is 9. The van der Waals surface area contributed by atoms with E-state index >= 15 is 0 Å². The van der Waals surface area contributed by atoms with Crippen molar-refractivity contribution in [2.45, 2.75) is 58.5 Å². The van der Waals surface area contributed by atoms with Crippen LogP contribution in [0.1, 0.15) is 44.4 Å². The van der Waals surface area contributed by atoms with Gasteiger partial charge in [0.05, 0.1) is 12.9 Å². The fourth-order valence-corrected chi connectivity index (χ4v) is 3.98. The Morgan fingerprint density at radius 3 is 2.35 bits per heavy atom. The number of nitrogens with one attached hydrogen (secondary N) is 1. The van der Waals surface area contributed by atoms with Crippen molar-refractivity contribution in [1.29, 1.82) is 0 Å². The molecule has 1 atom stereocenters. The average molecular weight is 443 g/mol. The molecular formula is C25H34N2O3S. The van der Waals surface area contributed by atoms with Crippen LogP contribution in [0.3, 0.4) is 0 Å². The molecule has 6 heteroatoms. The molecule has 0 aliphatic heterocycles. The Kier molecular flexibility index (Phi) is 8.99. The van der Waals surface area contributed by atoms with Gasteiger partial charge in [-0.3, -0.25) is 9.59 Å². The van der Waals surface area contributed by atoms with Gasteiger partial charge in [-0.1, -0.05) is 42.0 Å². The van der Waals surface area contributed by atoms with E-state index < -0.39 is 6.04 Å². The van der Waals surface area contributed by atoms with E-state index in [0.717, 1.165) is 17.1 Å². The second-order valence-corrected chi connectivity index (χ2v) is 9.75. The second kappa shape index (κ2) is 11.2. The maximum absolute atomic E-state index is 13.1. The molecule has 2 aromatic rings. The summed E-state index contributed by atoms with van der Waals surface area (Å²) in [6, 6.07) is 15.3. The van der Waals surface area contributed by atoms with Gasteiger partial charge in [0, 0.05) is 17.8 Å². The van der Waals surface area contributed by atoms with Crippen molar-refractivity contribution in [2.24, 2.45) is 0 Å². The lowest BCUT2D eigenvalue weighted by atomic mass is 10.1. The average Bonchev–Trinajstić information content (AvgIpc) is 2.70. The van der Waals surface area contributed by atoms with Crippen LogP contribution < -0.4 is 10.1 Å². The summed E-state index contributed by atoms with van der Waals surface area (Å²) in [6.07, 6.45) is 0. The molecule has 168 valence electrons. The minimum Gasteiger partial charge on any atom is -0.497 e. The quantitative estimate of drug-likeness (QED) is 0.618. The van der Waals surface area contributed by atoms with E-state index in [1.54, 1.807) is 30.7 Å². The molecule has 0 spiro atoms. The summed E-state index contributed by atoms with van der Waals surface area (Å²) in [7, 11) is 1.62. The first-order chi connectivity index (χ1) is 14.6. The summed E-state index contributed by atoms with van der Waals surface area (Å²) >= 11 is 1.57. The molecule has 0 aromatic heterocycles. The summed E-state index contributed by atoms with van der Waals surface area (Å²) in [5.74, 6) is 1.63. The van der Waals surface area contributed by atoms with Gasteiger partial charge in [-0.15, -0.1) is 11.8 Å². The Hall–Kier alpha value is -2.47. The van der Waals surface area contributed by atoms with Crippen molar-refractivity contribution in [3.05, 3.63) is 65.2 Å². The van der Waals surface area contributed by atoms with Crippen molar-refractivity contribution in [3.63, 3.8) is 0 Å². The van der Waals surface area contributed by atoms with Gasteiger partial charge >= 0.3 is 0 Å². The zero-order valence-electron chi connectivity index (χ0n) is 19.4. The number of ether oxygens (including phenoxy) is 1. The molecular weight excluding hydrogens is 408 g/mol. The standard InChI is InChI=1S/C25H34N2O3S/c1-18-8-7-9-21(14-18)16-31-17-23(28)27(19(2)24(29)26-25(3,4)5)15-20-10-12-22(30-6)13-11-20/h7-14,19H,15-17H2,1-6H3,(H,26,29)/t19-/m0/s1. The fourth-order valence-electron chi connectivity index (χ4n) is 3.13. The Bertz CT molecular complexity index is 875. The predicted octanol–water partition coefficient (Wildman–Crippen LogP) is 4.57. The minimum atomic E-state index is -0.576. The summed E-state index contributed by atoms with van der Waals surface area (Å²) in [6.45, 7) is 10.0. The van der Waals surface area contributed by atoms with Crippen LogP contribution in [0.2, 0.25) is 0 Å². The largest absolute Gasteiger partial charge is 0.497 e. The Balaban J connectivity index is 2.10. The third-order valence-electron chi connectivity index (χ3n) is 4.75. The molecule has 31 heavy (non-hydrogen) atoms. The number of carbonyl (C=O) groups excluding carboxylic acids is 2. The van der Waals surface area contributed by atoms with Crippen LogP contribution >= 0.6 is 11.8 Å². The Labute approximate surface area is 190 Å². The predicted molar refractivity (Wildman–Crippen MR) is 128 cm³/mol. The number of benzene rings is 2. The van der Waals surface area contributed by atoms with Crippen LogP contribution in [0.25, 0.3) is 0 Å². The van der Waals surface area contributed by atoms with E-state index in [-0.39, 0.29) is 17.4 Å². The third kappa shape index (κ3) is 8.29. The number of hydrogen-bond donors (Lipinski definition) is 1. The van der Waals surface area contributed by atoms with Crippen LogP contribution in [-0.2, 0) is 21.9 Å². The van der Waals surface area contributed by atoms with Gasteiger partial charge in [0.2, 0.25) is 11.8 Å². The number of carbonyl (C=O) groups is 2. The molecule has 1 N–H and O–H groups in total. The lowest BCUT2D eigenvalue weighted by Crippen LogP contribution is -2.52. The second-order valence-electron chi connectivity index (χ2n) is 8.77. The Morgan fingerprint density at radius 2 is 1.77 bits per heavy atom. The molecule has 0 saturated carbocycles. The molecule has 0 aliphatic rings. The van der Waals surface area contributed by atoms with Gasteiger partial charge in [-0.25, -0.2) is 0 Å². The smallest absolute Gasteiger partial charge is 0.242 e. The highest BCUT2D eigenvalue weighted by Gasteiger charge is 2.28. The molecule has 0 unspecified atom stereocenters. The number of aryl methyl sites for hydroxylation is 1. The normalized spacial score (nSPS) is 12.2. The first-order valence-electron chi connectivity index (χ1n) is 10.5. The number of methoxy groups -OCH3 is 1. The maximum atomic E-state index is 13.1. The number of hydrogen-bond acceptors (Lipinski definition) is 4. The van der Waals surface area contributed by atoms with E-state index in [1.807, 2.05) is 51.1 Å². The molecule has 2 rings (SSSR count). The minimum absolute atomic E-state index is 0.0509. The van der Waals surface area contributed by atoms with Crippen molar-refractivity contribution in [2.75, 3.05) is 12.9 Å². The summed E-state index contributed by atoms with van der Waals surface area (Å²) < 4.78 is 5.22. The van der Waals surface area contributed by atoms with E-state index in [1.165, 1.54) is 11.1 Å². The molecule has 5 nitrogen and oxygen atoms in total. The van der Waals surface area contributed by atoms with E-state index in [4.69, 9.17) is 4.74 Å². The van der Waals surface area contributed by atoms with Gasteiger partial charge < -0.3 is 15.0 Å². The van der Waals surface area contributed by atoms with Crippen LogP contribution in [0.5, 0.6) is 5.75 Å². The van der Waals surface area contributed by atoms with Crippen LogP contribution in [0.4, 0.5) is 0 Å². The first kappa shape index (κ1) is 24.8. The van der Waals surface area contributed by atoms with Crippen LogP contribution in [-0.4, -0.2) is 41.2 Å². The number of amides is 2. The monoisotopic (exact) mass is 442 g/mol. The molecule has 0 fully saturated rings. The molecule has 0 aliphatic carbocycles. The fraction of sp³-hybridized carbons (Fsp3) is 0.440. The molecule has 0 bridgehead atoms. The third-order valence-corrected chi connectivity index (χ3v) is 5.74. The zero-order valence-corrected chi connectivity index (χ0v) is 20.2. The number of thioether (sulfide) groups is 1. The number of nitrogens with zero attached hydrogens (tertiary/aromatic N) is 1. The van der Waals surface area contributed by atoms with Crippen LogP contribution in [0, 0.1) is 6.92 Å². The zero-order chi connectivity index (χ0) is 23.0. The van der Waals surface area contributed by atoms with Gasteiger partial charge in [0.25, 0.3) is 0 Å². The molecule has 0 radical (unpaired) electrons. The highest BCUT2D eigenvalue weighted by molar-refractivity contribution is 7.99. The van der Waals surface area contributed by atoms with Crippen LogP contribution in [0.15, 0.2) is 48.5 Å². The molecule has 2 aromatic carbocycles. The molecule has 0 saturated heterocycles.